The lowest BCUT2D eigenvalue weighted by molar-refractivity contribution is -0.132. The fraction of sp³-hybridized carbons (Fsp3) is 0.556. The van der Waals surface area contributed by atoms with Crippen LogP contribution in [0.15, 0.2) is 0 Å². The van der Waals surface area contributed by atoms with E-state index in [9.17, 15) is 9.59 Å². The van der Waals surface area contributed by atoms with Crippen LogP contribution in [0.2, 0.25) is 0 Å². The molecule has 0 aromatic rings. The Morgan fingerprint density at radius 1 is 1.75 bits per heavy atom. The minimum atomic E-state index is -0.311. The Hall–Kier alpha value is -1.30. The standard InChI is InChI=1S/C9H11NO2/c1-3-9(12)10-5-4-8(11)7(2)6-10/h1,7H,4-6H2,2H3. The summed E-state index contributed by atoms with van der Waals surface area (Å²) in [4.78, 5) is 23.6. The number of hydrogen-bond donors (Lipinski definition) is 0. The number of nitrogens with zero attached hydrogens (tertiary/aromatic N) is 1. The zero-order chi connectivity index (χ0) is 9.14. The highest BCUT2D eigenvalue weighted by Crippen LogP contribution is 2.11. The fourth-order valence-corrected chi connectivity index (χ4v) is 1.29. The lowest BCUT2D eigenvalue weighted by Gasteiger charge is -2.28. The number of hydrogen-bond acceptors (Lipinski definition) is 2. The lowest BCUT2D eigenvalue weighted by atomic mass is 9.99. The normalized spacial score (nSPS) is 23.5. The Kier molecular flexibility index (Phi) is 2.49. The van der Waals surface area contributed by atoms with Crippen molar-refractivity contribution in [3.05, 3.63) is 0 Å². The summed E-state index contributed by atoms with van der Waals surface area (Å²) >= 11 is 0. The molecule has 1 fully saturated rings. The van der Waals surface area contributed by atoms with E-state index in [2.05, 4.69) is 0 Å². The summed E-state index contributed by atoms with van der Waals surface area (Å²) in [6, 6.07) is 0. The van der Waals surface area contributed by atoms with Crippen LogP contribution in [0.25, 0.3) is 0 Å². The van der Waals surface area contributed by atoms with Crippen LogP contribution in [0.3, 0.4) is 0 Å². The predicted octanol–water partition coefficient (Wildman–Crippen LogP) is 0.0571. The van der Waals surface area contributed by atoms with Crippen molar-refractivity contribution in [2.45, 2.75) is 13.3 Å². The average Bonchev–Trinajstić information content (AvgIpc) is 2.08. The number of terminal acetylenes is 1. The molecule has 1 atom stereocenters. The summed E-state index contributed by atoms with van der Waals surface area (Å²) in [6.07, 6.45) is 5.40. The highest BCUT2D eigenvalue weighted by Gasteiger charge is 2.25. The summed E-state index contributed by atoms with van der Waals surface area (Å²) in [6.45, 7) is 2.77. The molecule has 0 aromatic carbocycles. The molecule has 1 aliphatic heterocycles. The zero-order valence-corrected chi connectivity index (χ0v) is 7.04. The van der Waals surface area contributed by atoms with Gasteiger partial charge in [0.25, 0.3) is 5.91 Å². The smallest absolute Gasteiger partial charge is 0.298 e. The van der Waals surface area contributed by atoms with Gasteiger partial charge in [0, 0.05) is 25.4 Å². The molecular weight excluding hydrogens is 154 g/mol. The van der Waals surface area contributed by atoms with Crippen LogP contribution in [-0.4, -0.2) is 29.7 Å². The van der Waals surface area contributed by atoms with Gasteiger partial charge in [-0.1, -0.05) is 6.92 Å². The molecule has 1 heterocycles. The third kappa shape index (κ3) is 1.65. The summed E-state index contributed by atoms with van der Waals surface area (Å²) in [7, 11) is 0. The first-order chi connectivity index (χ1) is 5.65. The third-order valence-corrected chi connectivity index (χ3v) is 2.08. The van der Waals surface area contributed by atoms with Gasteiger partial charge in [-0.05, 0) is 5.92 Å². The summed E-state index contributed by atoms with van der Waals surface area (Å²) in [5.74, 6) is 1.89. The predicted molar refractivity (Wildman–Crippen MR) is 44.2 cm³/mol. The number of rotatable bonds is 0. The van der Waals surface area contributed by atoms with E-state index in [1.54, 1.807) is 4.90 Å². The molecule has 1 rings (SSSR count). The highest BCUT2D eigenvalue weighted by molar-refractivity contribution is 5.94. The Morgan fingerprint density at radius 2 is 2.42 bits per heavy atom. The summed E-state index contributed by atoms with van der Waals surface area (Å²) in [5.41, 5.74) is 0. The monoisotopic (exact) mass is 165 g/mol. The Balaban J connectivity index is 2.58. The maximum absolute atomic E-state index is 11.1. The van der Waals surface area contributed by atoms with Gasteiger partial charge in [0.1, 0.15) is 5.78 Å². The van der Waals surface area contributed by atoms with Gasteiger partial charge in [0.05, 0.1) is 0 Å². The van der Waals surface area contributed by atoms with Crippen molar-refractivity contribution < 1.29 is 9.59 Å². The molecule has 0 bridgehead atoms. The van der Waals surface area contributed by atoms with E-state index in [1.165, 1.54) is 0 Å². The number of Topliss-reactive ketones (excluding diaryl/α,β-unsaturated/α-hetero) is 1. The van der Waals surface area contributed by atoms with Crippen molar-refractivity contribution in [1.82, 2.24) is 4.90 Å². The Morgan fingerprint density at radius 3 is 2.92 bits per heavy atom. The van der Waals surface area contributed by atoms with E-state index in [4.69, 9.17) is 6.42 Å². The van der Waals surface area contributed by atoms with E-state index in [-0.39, 0.29) is 17.6 Å². The minimum absolute atomic E-state index is 0.0592. The van der Waals surface area contributed by atoms with Crippen LogP contribution in [0.1, 0.15) is 13.3 Å². The molecule has 12 heavy (non-hydrogen) atoms. The van der Waals surface area contributed by atoms with Crippen LogP contribution in [0, 0.1) is 18.3 Å². The topological polar surface area (TPSA) is 37.4 Å². The molecule has 0 saturated carbocycles. The summed E-state index contributed by atoms with van der Waals surface area (Å²) < 4.78 is 0. The molecule has 0 aromatic heterocycles. The van der Waals surface area contributed by atoms with Gasteiger partial charge >= 0.3 is 0 Å². The molecule has 0 aliphatic carbocycles. The molecule has 64 valence electrons. The van der Waals surface area contributed by atoms with Crippen LogP contribution in [0.5, 0.6) is 0 Å². The summed E-state index contributed by atoms with van der Waals surface area (Å²) in [5, 5.41) is 0. The first-order valence-corrected chi connectivity index (χ1v) is 3.93. The van der Waals surface area contributed by atoms with Gasteiger partial charge in [-0.2, -0.15) is 0 Å². The highest BCUT2D eigenvalue weighted by atomic mass is 16.2. The second-order valence-electron chi connectivity index (χ2n) is 3.01. The van der Waals surface area contributed by atoms with Gasteiger partial charge in [-0.25, -0.2) is 0 Å². The fourth-order valence-electron chi connectivity index (χ4n) is 1.29. The van der Waals surface area contributed by atoms with Crippen molar-refractivity contribution in [2.75, 3.05) is 13.1 Å². The number of carbonyl (C=O) groups is 2. The molecule has 3 nitrogen and oxygen atoms in total. The second-order valence-corrected chi connectivity index (χ2v) is 3.01. The van der Waals surface area contributed by atoms with E-state index in [0.717, 1.165) is 0 Å². The van der Waals surface area contributed by atoms with E-state index < -0.39 is 0 Å². The number of amides is 1. The molecule has 1 aliphatic rings. The first-order valence-electron chi connectivity index (χ1n) is 3.93. The van der Waals surface area contributed by atoms with Crippen LogP contribution in [-0.2, 0) is 9.59 Å². The maximum atomic E-state index is 11.1. The lowest BCUT2D eigenvalue weighted by Crippen LogP contribution is -2.42. The molecule has 0 N–H and O–H groups in total. The van der Waals surface area contributed by atoms with E-state index in [0.29, 0.717) is 19.5 Å². The van der Waals surface area contributed by atoms with Gasteiger partial charge in [-0.15, -0.1) is 6.42 Å². The van der Waals surface area contributed by atoms with Crippen molar-refractivity contribution >= 4 is 11.7 Å². The van der Waals surface area contributed by atoms with Crippen LogP contribution >= 0.6 is 0 Å². The van der Waals surface area contributed by atoms with Crippen molar-refractivity contribution in [3.63, 3.8) is 0 Å². The first kappa shape index (κ1) is 8.79. The third-order valence-electron chi connectivity index (χ3n) is 2.08. The van der Waals surface area contributed by atoms with Gasteiger partial charge < -0.3 is 4.90 Å². The maximum Gasteiger partial charge on any atom is 0.298 e. The van der Waals surface area contributed by atoms with E-state index in [1.807, 2.05) is 12.8 Å². The minimum Gasteiger partial charge on any atom is -0.331 e. The molecule has 1 amide bonds. The number of likely N-dealkylation sites (tertiary alicyclic amines) is 1. The second kappa shape index (κ2) is 3.40. The SMILES string of the molecule is C#CC(=O)N1CCC(=O)C(C)C1. The number of carbonyl (C=O) groups excluding carboxylic acids is 2. The largest absolute Gasteiger partial charge is 0.331 e. The van der Waals surface area contributed by atoms with Gasteiger partial charge in [0.15, 0.2) is 0 Å². The van der Waals surface area contributed by atoms with E-state index >= 15 is 0 Å². The van der Waals surface area contributed by atoms with Crippen molar-refractivity contribution in [3.8, 4) is 12.3 Å². The van der Waals surface area contributed by atoms with Crippen molar-refractivity contribution in [1.29, 1.82) is 0 Å². The van der Waals surface area contributed by atoms with Crippen LogP contribution in [0.4, 0.5) is 0 Å². The van der Waals surface area contributed by atoms with Gasteiger partial charge in [-0.3, -0.25) is 9.59 Å². The number of piperidine rings is 1. The van der Waals surface area contributed by atoms with Gasteiger partial charge in [0.2, 0.25) is 0 Å². The Bertz CT molecular complexity index is 252. The molecule has 0 spiro atoms. The molecule has 3 heteroatoms. The molecular formula is C9H11NO2. The average molecular weight is 165 g/mol. The van der Waals surface area contributed by atoms with Crippen molar-refractivity contribution in [2.24, 2.45) is 5.92 Å². The molecule has 1 saturated heterocycles. The Labute approximate surface area is 71.7 Å². The zero-order valence-electron chi connectivity index (χ0n) is 7.04. The quantitative estimate of drug-likeness (QED) is 0.476. The molecule has 1 unspecified atom stereocenters. The molecule has 0 radical (unpaired) electrons. The van der Waals surface area contributed by atoms with Crippen LogP contribution < -0.4 is 0 Å². The number of ketones is 1.